The molecule has 0 saturated carbocycles. The minimum absolute atomic E-state index is 0.165. The number of nitrogens with zero attached hydrogens (tertiary/aromatic N) is 3. The lowest BCUT2D eigenvalue weighted by molar-refractivity contribution is 0.309. The summed E-state index contributed by atoms with van der Waals surface area (Å²) in [6, 6.07) is 8.41. The maximum absolute atomic E-state index is 5.66. The number of benzene rings is 1. The van der Waals surface area contributed by atoms with Gasteiger partial charge in [-0.05, 0) is 31.0 Å². The zero-order valence-electron chi connectivity index (χ0n) is 13.0. The van der Waals surface area contributed by atoms with Crippen LogP contribution in [0.25, 0.3) is 0 Å². The smallest absolute Gasteiger partial charge is 0.149 e. The number of aryl methyl sites for hydroxylation is 1. The van der Waals surface area contributed by atoms with Crippen molar-refractivity contribution in [3.63, 3.8) is 0 Å². The zero-order chi connectivity index (χ0) is 15.1. The molecule has 2 rings (SSSR count). The lowest BCUT2D eigenvalue weighted by atomic mass is 10.2. The normalized spacial score (nSPS) is 12.3. The first kappa shape index (κ1) is 15.5. The first-order chi connectivity index (χ1) is 10.2. The predicted octanol–water partition coefficient (Wildman–Crippen LogP) is 2.84. The van der Waals surface area contributed by atoms with Gasteiger partial charge in [0, 0.05) is 13.6 Å². The second-order valence-corrected chi connectivity index (χ2v) is 5.25. The Labute approximate surface area is 126 Å². The number of ether oxygens (including phenoxy) is 1. The fourth-order valence-corrected chi connectivity index (χ4v) is 2.08. The molecule has 0 saturated heterocycles. The van der Waals surface area contributed by atoms with Crippen LogP contribution in [0.1, 0.15) is 44.1 Å². The standard InChI is InChI=1S/C16H24N4O/c1-4-5-10-21-15-8-6-14(7-9-15)11-17-13(2)16-19-18-12-20(16)3/h6-9,12-13,17H,4-5,10-11H2,1-3H3. The van der Waals surface area contributed by atoms with Crippen molar-refractivity contribution in [1.82, 2.24) is 20.1 Å². The fourth-order valence-electron chi connectivity index (χ4n) is 2.08. The molecular weight excluding hydrogens is 264 g/mol. The van der Waals surface area contributed by atoms with Gasteiger partial charge >= 0.3 is 0 Å². The number of unbranched alkanes of at least 4 members (excludes halogenated alkanes) is 1. The van der Waals surface area contributed by atoms with Crippen LogP contribution in [-0.2, 0) is 13.6 Å². The van der Waals surface area contributed by atoms with Gasteiger partial charge in [0.25, 0.3) is 0 Å². The van der Waals surface area contributed by atoms with Crippen LogP contribution < -0.4 is 10.1 Å². The van der Waals surface area contributed by atoms with Crippen molar-refractivity contribution in [3.8, 4) is 5.75 Å². The summed E-state index contributed by atoms with van der Waals surface area (Å²) < 4.78 is 7.59. The monoisotopic (exact) mass is 288 g/mol. The van der Waals surface area contributed by atoms with Crippen molar-refractivity contribution in [2.45, 2.75) is 39.3 Å². The number of aromatic nitrogens is 3. The highest BCUT2D eigenvalue weighted by Gasteiger charge is 2.10. The Bertz CT molecular complexity index is 535. The Morgan fingerprint density at radius 3 is 2.67 bits per heavy atom. The Kier molecular flexibility index (Phi) is 5.75. The average Bonchev–Trinajstić information content (AvgIpc) is 2.92. The molecule has 1 heterocycles. The second-order valence-electron chi connectivity index (χ2n) is 5.25. The van der Waals surface area contributed by atoms with Crippen LogP contribution in [0.3, 0.4) is 0 Å². The van der Waals surface area contributed by atoms with E-state index in [9.17, 15) is 0 Å². The van der Waals surface area contributed by atoms with Crippen LogP contribution in [0.15, 0.2) is 30.6 Å². The molecule has 1 aromatic carbocycles. The highest BCUT2D eigenvalue weighted by Crippen LogP contribution is 2.14. The summed E-state index contributed by atoms with van der Waals surface area (Å²) in [5, 5.41) is 11.5. The van der Waals surface area contributed by atoms with Gasteiger partial charge in [0.15, 0.2) is 0 Å². The van der Waals surface area contributed by atoms with E-state index in [0.717, 1.165) is 37.6 Å². The maximum Gasteiger partial charge on any atom is 0.149 e. The first-order valence-electron chi connectivity index (χ1n) is 7.49. The average molecular weight is 288 g/mol. The Hall–Kier alpha value is -1.88. The minimum Gasteiger partial charge on any atom is -0.494 e. The van der Waals surface area contributed by atoms with Crippen LogP contribution in [0, 0.1) is 0 Å². The molecule has 0 amide bonds. The molecule has 0 fully saturated rings. The van der Waals surface area contributed by atoms with Crippen LogP contribution in [0.2, 0.25) is 0 Å². The molecule has 114 valence electrons. The molecule has 0 aliphatic rings. The van der Waals surface area contributed by atoms with Gasteiger partial charge in [-0.15, -0.1) is 10.2 Å². The van der Waals surface area contributed by atoms with Crippen LogP contribution in [-0.4, -0.2) is 21.4 Å². The Morgan fingerprint density at radius 1 is 1.29 bits per heavy atom. The van der Waals surface area contributed by atoms with Gasteiger partial charge in [-0.3, -0.25) is 0 Å². The Morgan fingerprint density at radius 2 is 2.05 bits per heavy atom. The zero-order valence-corrected chi connectivity index (χ0v) is 13.0. The summed E-state index contributed by atoms with van der Waals surface area (Å²) in [6.45, 7) is 5.84. The summed E-state index contributed by atoms with van der Waals surface area (Å²) in [5.41, 5.74) is 1.23. The van der Waals surface area contributed by atoms with E-state index < -0.39 is 0 Å². The largest absolute Gasteiger partial charge is 0.494 e. The Balaban J connectivity index is 1.82. The molecule has 2 aromatic rings. The topological polar surface area (TPSA) is 52.0 Å². The van der Waals surface area contributed by atoms with Crippen molar-refractivity contribution in [3.05, 3.63) is 42.0 Å². The molecule has 0 bridgehead atoms. The third-order valence-electron chi connectivity index (χ3n) is 3.44. The number of hydrogen-bond donors (Lipinski definition) is 1. The van der Waals surface area contributed by atoms with Crippen molar-refractivity contribution in [2.24, 2.45) is 7.05 Å². The quantitative estimate of drug-likeness (QED) is 0.759. The van der Waals surface area contributed by atoms with Gasteiger partial charge < -0.3 is 14.6 Å². The summed E-state index contributed by atoms with van der Waals surface area (Å²) >= 11 is 0. The highest BCUT2D eigenvalue weighted by atomic mass is 16.5. The molecular formula is C16H24N4O. The molecule has 1 unspecified atom stereocenters. The van der Waals surface area contributed by atoms with E-state index in [0.29, 0.717) is 0 Å². The third-order valence-corrected chi connectivity index (χ3v) is 3.44. The van der Waals surface area contributed by atoms with Gasteiger partial charge in [0.1, 0.15) is 17.9 Å². The van der Waals surface area contributed by atoms with Gasteiger partial charge in [0.05, 0.1) is 12.6 Å². The minimum atomic E-state index is 0.165. The molecule has 1 atom stereocenters. The molecule has 21 heavy (non-hydrogen) atoms. The molecule has 0 spiro atoms. The van der Waals surface area contributed by atoms with E-state index in [1.54, 1.807) is 6.33 Å². The van der Waals surface area contributed by atoms with E-state index in [1.807, 2.05) is 23.7 Å². The SMILES string of the molecule is CCCCOc1ccc(CNC(C)c2nncn2C)cc1. The number of hydrogen-bond acceptors (Lipinski definition) is 4. The molecule has 5 nitrogen and oxygen atoms in total. The molecule has 0 aliphatic heterocycles. The second kappa shape index (κ2) is 7.78. The van der Waals surface area contributed by atoms with Crippen molar-refractivity contribution < 1.29 is 4.74 Å². The summed E-state index contributed by atoms with van der Waals surface area (Å²) in [5.74, 6) is 1.88. The van der Waals surface area contributed by atoms with E-state index >= 15 is 0 Å². The number of rotatable bonds is 8. The summed E-state index contributed by atoms with van der Waals surface area (Å²) in [7, 11) is 1.95. The van der Waals surface area contributed by atoms with E-state index in [2.05, 4.69) is 41.5 Å². The van der Waals surface area contributed by atoms with Crippen LogP contribution >= 0.6 is 0 Å². The molecule has 1 aromatic heterocycles. The van der Waals surface area contributed by atoms with Crippen molar-refractivity contribution in [1.29, 1.82) is 0 Å². The molecule has 0 radical (unpaired) electrons. The third kappa shape index (κ3) is 4.56. The number of nitrogens with one attached hydrogen (secondary N) is 1. The first-order valence-corrected chi connectivity index (χ1v) is 7.49. The van der Waals surface area contributed by atoms with Crippen LogP contribution in [0.5, 0.6) is 5.75 Å². The lowest BCUT2D eigenvalue weighted by Crippen LogP contribution is -2.21. The van der Waals surface area contributed by atoms with Crippen molar-refractivity contribution in [2.75, 3.05) is 6.61 Å². The van der Waals surface area contributed by atoms with E-state index in [1.165, 1.54) is 5.56 Å². The lowest BCUT2D eigenvalue weighted by Gasteiger charge is -2.13. The maximum atomic E-state index is 5.66. The predicted molar refractivity (Wildman–Crippen MR) is 83.1 cm³/mol. The van der Waals surface area contributed by atoms with Gasteiger partial charge in [-0.25, -0.2) is 0 Å². The van der Waals surface area contributed by atoms with Gasteiger partial charge in [-0.2, -0.15) is 0 Å². The molecule has 0 aliphatic carbocycles. The van der Waals surface area contributed by atoms with Crippen molar-refractivity contribution >= 4 is 0 Å². The summed E-state index contributed by atoms with van der Waals surface area (Å²) in [6.07, 6.45) is 3.97. The molecule has 1 N–H and O–H groups in total. The van der Waals surface area contributed by atoms with Gasteiger partial charge in [0.2, 0.25) is 0 Å². The van der Waals surface area contributed by atoms with E-state index in [-0.39, 0.29) is 6.04 Å². The van der Waals surface area contributed by atoms with E-state index in [4.69, 9.17) is 4.74 Å². The highest BCUT2D eigenvalue weighted by molar-refractivity contribution is 5.27. The van der Waals surface area contributed by atoms with Gasteiger partial charge in [-0.1, -0.05) is 25.5 Å². The fraction of sp³-hybridized carbons (Fsp3) is 0.500. The molecule has 5 heteroatoms. The summed E-state index contributed by atoms with van der Waals surface area (Å²) in [4.78, 5) is 0. The van der Waals surface area contributed by atoms with Crippen LogP contribution in [0.4, 0.5) is 0 Å².